The molecule has 0 aliphatic carbocycles. The summed E-state index contributed by atoms with van der Waals surface area (Å²) in [5, 5.41) is 3.79. The second kappa shape index (κ2) is 7.49. The molecule has 0 fully saturated rings. The van der Waals surface area contributed by atoms with Crippen LogP contribution in [0.2, 0.25) is 0 Å². The van der Waals surface area contributed by atoms with Crippen LogP contribution in [0.25, 0.3) is 22.0 Å². The van der Waals surface area contributed by atoms with Crippen molar-refractivity contribution < 1.29 is 18.0 Å². The maximum Gasteiger partial charge on any atom is 0.416 e. The van der Waals surface area contributed by atoms with E-state index in [0.29, 0.717) is 27.2 Å². The number of aryl methyl sites for hydroxylation is 2. The molecule has 1 N–H and O–H groups in total. The van der Waals surface area contributed by atoms with E-state index in [2.05, 4.69) is 20.3 Å². The molecule has 4 aromatic rings. The van der Waals surface area contributed by atoms with Gasteiger partial charge in [0.2, 0.25) is 0 Å². The second-order valence-corrected chi connectivity index (χ2v) is 7.85. The van der Waals surface area contributed by atoms with Crippen molar-refractivity contribution >= 4 is 33.3 Å². The first-order chi connectivity index (χ1) is 14.2. The summed E-state index contributed by atoms with van der Waals surface area (Å²) in [5.74, 6) is -0.447. The first kappa shape index (κ1) is 20.0. The lowest BCUT2D eigenvalue weighted by Gasteiger charge is -2.11. The summed E-state index contributed by atoms with van der Waals surface area (Å²) in [6.45, 7) is 3.76. The summed E-state index contributed by atoms with van der Waals surface area (Å²) in [5.41, 5.74) is 1.32. The molecule has 0 bridgehead atoms. The van der Waals surface area contributed by atoms with Gasteiger partial charge in [0.15, 0.2) is 5.13 Å². The van der Waals surface area contributed by atoms with E-state index in [0.717, 1.165) is 22.7 Å². The normalized spacial score (nSPS) is 11.6. The van der Waals surface area contributed by atoms with Crippen molar-refractivity contribution in [2.45, 2.75) is 20.0 Å². The lowest BCUT2D eigenvalue weighted by molar-refractivity contribution is -0.137. The predicted molar refractivity (Wildman–Crippen MR) is 110 cm³/mol. The van der Waals surface area contributed by atoms with Crippen molar-refractivity contribution in [3.63, 3.8) is 0 Å². The van der Waals surface area contributed by atoms with Gasteiger partial charge in [-0.25, -0.2) is 9.97 Å². The maximum atomic E-state index is 13.1. The van der Waals surface area contributed by atoms with Crippen LogP contribution in [-0.4, -0.2) is 20.9 Å². The predicted octanol–water partition coefficient (Wildman–Crippen LogP) is 5.64. The van der Waals surface area contributed by atoms with Crippen molar-refractivity contribution in [3.05, 3.63) is 70.6 Å². The molecule has 0 radical (unpaired) electrons. The molecule has 3 aromatic heterocycles. The number of rotatable bonds is 3. The molecular weight excluding hydrogens is 413 g/mol. The zero-order valence-corrected chi connectivity index (χ0v) is 16.7. The Morgan fingerprint density at radius 3 is 2.57 bits per heavy atom. The van der Waals surface area contributed by atoms with E-state index in [9.17, 15) is 18.0 Å². The van der Waals surface area contributed by atoms with Gasteiger partial charge in [0.25, 0.3) is 5.91 Å². The Hall–Kier alpha value is -3.33. The Morgan fingerprint density at radius 2 is 1.87 bits per heavy atom. The van der Waals surface area contributed by atoms with Crippen LogP contribution in [0.4, 0.5) is 18.3 Å². The standard InChI is InChI=1S/C21H15F3N4OS/c1-11-12(2)30-20(26-11)28-19(29)17-7-6-14-9-25-10-16(18(14)27-17)13-4-3-5-15(8-13)21(22,23)24/h3-10H,1-2H3,(H,26,28,29). The van der Waals surface area contributed by atoms with Gasteiger partial charge >= 0.3 is 6.18 Å². The summed E-state index contributed by atoms with van der Waals surface area (Å²) in [4.78, 5) is 26.4. The largest absolute Gasteiger partial charge is 0.416 e. The van der Waals surface area contributed by atoms with E-state index in [4.69, 9.17) is 0 Å². The Morgan fingerprint density at radius 1 is 1.07 bits per heavy atom. The molecule has 152 valence electrons. The summed E-state index contributed by atoms with van der Waals surface area (Å²) >= 11 is 1.36. The van der Waals surface area contributed by atoms with Crippen molar-refractivity contribution in [2.75, 3.05) is 5.32 Å². The molecule has 3 heterocycles. The fraction of sp³-hybridized carbons (Fsp3) is 0.143. The highest BCUT2D eigenvalue weighted by molar-refractivity contribution is 7.15. The van der Waals surface area contributed by atoms with Gasteiger partial charge in [0.1, 0.15) is 5.69 Å². The molecule has 1 amide bonds. The van der Waals surface area contributed by atoms with Gasteiger partial charge in [-0.15, -0.1) is 11.3 Å². The minimum Gasteiger partial charge on any atom is -0.296 e. The highest BCUT2D eigenvalue weighted by atomic mass is 32.1. The molecule has 0 aliphatic heterocycles. The Bertz CT molecular complexity index is 1250. The van der Waals surface area contributed by atoms with Gasteiger partial charge in [-0.1, -0.05) is 12.1 Å². The molecule has 0 unspecified atom stereocenters. The summed E-state index contributed by atoms with van der Waals surface area (Å²) in [7, 11) is 0. The zero-order valence-electron chi connectivity index (χ0n) is 15.9. The number of hydrogen-bond acceptors (Lipinski definition) is 5. The number of nitrogens with one attached hydrogen (secondary N) is 1. The van der Waals surface area contributed by atoms with Gasteiger partial charge < -0.3 is 0 Å². The molecule has 1 aromatic carbocycles. The van der Waals surface area contributed by atoms with Gasteiger partial charge in [0.05, 0.1) is 16.8 Å². The van der Waals surface area contributed by atoms with Crippen molar-refractivity contribution in [3.8, 4) is 11.1 Å². The number of amides is 1. The molecule has 4 rings (SSSR count). The molecule has 5 nitrogen and oxygen atoms in total. The first-order valence-electron chi connectivity index (χ1n) is 8.90. The van der Waals surface area contributed by atoms with E-state index in [-0.39, 0.29) is 5.69 Å². The average Bonchev–Trinajstić information content (AvgIpc) is 3.03. The monoisotopic (exact) mass is 428 g/mol. The van der Waals surface area contributed by atoms with Crippen molar-refractivity contribution in [2.24, 2.45) is 0 Å². The van der Waals surface area contributed by atoms with Crippen LogP contribution >= 0.6 is 11.3 Å². The van der Waals surface area contributed by atoms with Crippen LogP contribution < -0.4 is 5.32 Å². The smallest absolute Gasteiger partial charge is 0.296 e. The topological polar surface area (TPSA) is 67.8 Å². The number of pyridine rings is 2. The fourth-order valence-corrected chi connectivity index (χ4v) is 3.74. The minimum absolute atomic E-state index is 0.132. The number of alkyl halides is 3. The van der Waals surface area contributed by atoms with Gasteiger partial charge in [-0.3, -0.25) is 15.1 Å². The quantitative estimate of drug-likeness (QED) is 0.458. The van der Waals surface area contributed by atoms with E-state index in [1.54, 1.807) is 24.4 Å². The molecule has 9 heteroatoms. The molecule has 0 aliphatic rings. The maximum absolute atomic E-state index is 13.1. The van der Waals surface area contributed by atoms with E-state index in [1.807, 2.05) is 13.8 Å². The molecule has 0 spiro atoms. The number of anilines is 1. The third-order valence-corrected chi connectivity index (χ3v) is 5.57. The number of aromatic nitrogens is 3. The number of halogens is 3. The van der Waals surface area contributed by atoms with Gasteiger partial charge in [0, 0.05) is 28.2 Å². The van der Waals surface area contributed by atoms with Gasteiger partial charge in [-0.05, 0) is 43.7 Å². The molecule has 30 heavy (non-hydrogen) atoms. The minimum atomic E-state index is -4.46. The Balaban J connectivity index is 1.75. The highest BCUT2D eigenvalue weighted by Crippen LogP contribution is 2.34. The SMILES string of the molecule is Cc1nc(NC(=O)c2ccc3cncc(-c4cccc(C(F)(F)F)c4)c3n2)sc1C. The number of nitrogens with zero attached hydrogens (tertiary/aromatic N) is 3. The summed E-state index contributed by atoms with van der Waals surface area (Å²) < 4.78 is 39.3. The van der Waals surface area contributed by atoms with Crippen LogP contribution in [-0.2, 0) is 6.18 Å². The third kappa shape index (κ3) is 3.88. The van der Waals surface area contributed by atoms with E-state index < -0.39 is 17.6 Å². The van der Waals surface area contributed by atoms with Crippen LogP contribution in [0.1, 0.15) is 26.6 Å². The Labute approximate surface area is 173 Å². The van der Waals surface area contributed by atoms with Crippen LogP contribution in [0.5, 0.6) is 0 Å². The number of carbonyl (C=O) groups is 1. The number of carbonyl (C=O) groups excluding carboxylic acids is 1. The Kier molecular flexibility index (Phi) is 4.98. The van der Waals surface area contributed by atoms with Crippen LogP contribution in [0.3, 0.4) is 0 Å². The van der Waals surface area contributed by atoms with Crippen molar-refractivity contribution in [1.82, 2.24) is 15.0 Å². The third-order valence-electron chi connectivity index (χ3n) is 4.58. The molecule has 0 atom stereocenters. The molecule has 0 saturated carbocycles. The second-order valence-electron chi connectivity index (χ2n) is 6.65. The number of thiazole rings is 1. The summed E-state index contributed by atoms with van der Waals surface area (Å²) in [6, 6.07) is 8.16. The molecular formula is C21H15F3N4OS. The van der Waals surface area contributed by atoms with Crippen LogP contribution in [0.15, 0.2) is 48.8 Å². The average molecular weight is 428 g/mol. The zero-order chi connectivity index (χ0) is 21.5. The summed E-state index contributed by atoms with van der Waals surface area (Å²) in [6.07, 6.45) is -1.47. The van der Waals surface area contributed by atoms with Crippen molar-refractivity contribution in [1.29, 1.82) is 0 Å². The molecule has 0 saturated heterocycles. The first-order valence-corrected chi connectivity index (χ1v) is 9.72. The lowest BCUT2D eigenvalue weighted by Crippen LogP contribution is -2.13. The lowest BCUT2D eigenvalue weighted by atomic mass is 10.0. The van der Waals surface area contributed by atoms with Gasteiger partial charge in [-0.2, -0.15) is 13.2 Å². The van der Waals surface area contributed by atoms with Crippen LogP contribution in [0, 0.1) is 13.8 Å². The number of hydrogen-bond donors (Lipinski definition) is 1. The fourth-order valence-electron chi connectivity index (χ4n) is 2.93. The van der Waals surface area contributed by atoms with E-state index in [1.165, 1.54) is 23.6 Å². The highest BCUT2D eigenvalue weighted by Gasteiger charge is 2.30. The number of fused-ring (bicyclic) bond motifs is 1. The van der Waals surface area contributed by atoms with E-state index >= 15 is 0 Å². The number of benzene rings is 1.